The van der Waals surface area contributed by atoms with E-state index in [0.717, 1.165) is 0 Å². The van der Waals surface area contributed by atoms with E-state index in [0.29, 0.717) is 16.0 Å². The third kappa shape index (κ3) is 1.63. The second-order valence-electron chi connectivity index (χ2n) is 2.00. The Balaban J connectivity index is 3.36. The molecule has 0 spiro atoms. The van der Waals surface area contributed by atoms with Crippen LogP contribution in [0.15, 0.2) is 19.8 Å². The number of hydrogen-bond donors (Lipinski definition) is 0. The first-order valence-corrected chi connectivity index (χ1v) is 3.78. The molecule has 11 heavy (non-hydrogen) atoms. The Bertz CT molecular complexity index is 316. The molecule has 4 heteroatoms. The minimum absolute atomic E-state index is 0.400. The van der Waals surface area contributed by atoms with E-state index < -0.39 is 5.63 Å². The van der Waals surface area contributed by atoms with Gasteiger partial charge >= 0.3 is 5.63 Å². The van der Waals surface area contributed by atoms with Gasteiger partial charge in [0.2, 0.25) is 0 Å². The summed E-state index contributed by atoms with van der Waals surface area (Å²) in [6.45, 7) is 1.69. The first-order valence-electron chi connectivity index (χ1n) is 2.99. The van der Waals surface area contributed by atoms with Crippen LogP contribution in [-0.2, 0) is 0 Å². The minimum Gasteiger partial charge on any atom is -0.495 e. The monoisotopic (exact) mass is 218 g/mol. The zero-order chi connectivity index (χ0) is 8.43. The smallest absolute Gasteiger partial charge is 0.339 e. The number of ether oxygens (including phenoxy) is 1. The Labute approximate surface area is 72.1 Å². The lowest BCUT2D eigenvalue weighted by Crippen LogP contribution is -2.00. The van der Waals surface area contributed by atoms with Crippen LogP contribution in [0.5, 0.6) is 5.75 Å². The van der Waals surface area contributed by atoms with Crippen LogP contribution in [0.1, 0.15) is 5.76 Å². The highest BCUT2D eigenvalue weighted by Crippen LogP contribution is 2.25. The molecule has 0 radical (unpaired) electrons. The molecule has 0 saturated carbocycles. The van der Waals surface area contributed by atoms with Gasteiger partial charge in [0, 0.05) is 0 Å². The lowest BCUT2D eigenvalue weighted by atomic mass is 10.4. The second kappa shape index (κ2) is 3.09. The van der Waals surface area contributed by atoms with Crippen molar-refractivity contribution in [2.24, 2.45) is 0 Å². The van der Waals surface area contributed by atoms with E-state index in [9.17, 15) is 4.79 Å². The molecule has 1 heterocycles. The molecule has 0 aliphatic heterocycles. The summed E-state index contributed by atoms with van der Waals surface area (Å²) >= 11 is 3.22. The SMILES string of the molecule is COc1cc(=O)oc(C)c1Br. The Morgan fingerprint density at radius 2 is 2.27 bits per heavy atom. The van der Waals surface area contributed by atoms with E-state index in [1.165, 1.54) is 13.2 Å². The van der Waals surface area contributed by atoms with Crippen molar-refractivity contribution < 1.29 is 9.15 Å². The summed E-state index contributed by atoms with van der Waals surface area (Å²) in [7, 11) is 1.50. The van der Waals surface area contributed by atoms with E-state index in [1.54, 1.807) is 6.92 Å². The van der Waals surface area contributed by atoms with Gasteiger partial charge in [-0.25, -0.2) is 4.79 Å². The first kappa shape index (κ1) is 8.33. The van der Waals surface area contributed by atoms with Gasteiger partial charge in [-0.05, 0) is 22.9 Å². The van der Waals surface area contributed by atoms with Gasteiger partial charge in [0.1, 0.15) is 11.5 Å². The topological polar surface area (TPSA) is 39.4 Å². The van der Waals surface area contributed by atoms with Crippen molar-refractivity contribution in [3.05, 3.63) is 26.7 Å². The average Bonchev–Trinajstić information content (AvgIpc) is 1.96. The number of methoxy groups -OCH3 is 1. The molecule has 0 atom stereocenters. The molecule has 60 valence electrons. The summed E-state index contributed by atoms with van der Waals surface area (Å²) in [5.74, 6) is 1.02. The number of rotatable bonds is 1. The van der Waals surface area contributed by atoms with Crippen molar-refractivity contribution in [3.8, 4) is 5.75 Å². The fourth-order valence-corrected chi connectivity index (χ4v) is 1.07. The predicted octanol–water partition coefficient (Wildman–Crippen LogP) is 1.72. The second-order valence-corrected chi connectivity index (χ2v) is 2.80. The largest absolute Gasteiger partial charge is 0.495 e. The normalized spacial score (nSPS) is 9.73. The van der Waals surface area contributed by atoms with Crippen molar-refractivity contribution in [1.29, 1.82) is 0 Å². The summed E-state index contributed by atoms with van der Waals surface area (Å²) in [6.07, 6.45) is 0. The van der Waals surface area contributed by atoms with Crippen molar-refractivity contribution in [2.75, 3.05) is 7.11 Å². The van der Waals surface area contributed by atoms with Crippen LogP contribution in [-0.4, -0.2) is 7.11 Å². The molecule has 3 nitrogen and oxygen atoms in total. The molecule has 0 fully saturated rings. The van der Waals surface area contributed by atoms with Gasteiger partial charge in [-0.1, -0.05) is 0 Å². The fourth-order valence-electron chi connectivity index (χ4n) is 0.718. The molecule has 0 aliphatic carbocycles. The van der Waals surface area contributed by atoms with E-state index >= 15 is 0 Å². The zero-order valence-electron chi connectivity index (χ0n) is 6.18. The van der Waals surface area contributed by atoms with Crippen LogP contribution in [0.2, 0.25) is 0 Å². The van der Waals surface area contributed by atoms with E-state index in [2.05, 4.69) is 15.9 Å². The highest BCUT2D eigenvalue weighted by molar-refractivity contribution is 9.10. The third-order valence-electron chi connectivity index (χ3n) is 1.25. The molecule has 0 aliphatic rings. The van der Waals surface area contributed by atoms with Crippen LogP contribution < -0.4 is 10.4 Å². The molecule has 0 N–H and O–H groups in total. The zero-order valence-corrected chi connectivity index (χ0v) is 7.77. The molecule has 1 rings (SSSR count). The Morgan fingerprint density at radius 1 is 1.64 bits per heavy atom. The average molecular weight is 219 g/mol. The molecule has 1 aromatic heterocycles. The summed E-state index contributed by atoms with van der Waals surface area (Å²) in [5.41, 5.74) is -0.400. The van der Waals surface area contributed by atoms with E-state index in [4.69, 9.17) is 9.15 Å². The van der Waals surface area contributed by atoms with Crippen LogP contribution in [0.25, 0.3) is 0 Å². The minimum atomic E-state index is -0.400. The fraction of sp³-hybridized carbons (Fsp3) is 0.286. The van der Waals surface area contributed by atoms with Gasteiger partial charge in [-0.3, -0.25) is 0 Å². The maximum atomic E-state index is 10.8. The Kier molecular flexibility index (Phi) is 2.34. The predicted molar refractivity (Wildman–Crippen MR) is 44.0 cm³/mol. The first-order chi connectivity index (χ1) is 5.15. The van der Waals surface area contributed by atoms with Crippen molar-refractivity contribution in [1.82, 2.24) is 0 Å². The van der Waals surface area contributed by atoms with Crippen molar-refractivity contribution in [3.63, 3.8) is 0 Å². The van der Waals surface area contributed by atoms with Gasteiger partial charge < -0.3 is 9.15 Å². The van der Waals surface area contributed by atoms with E-state index in [-0.39, 0.29) is 0 Å². The van der Waals surface area contributed by atoms with Gasteiger partial charge in [0.05, 0.1) is 17.6 Å². The lowest BCUT2D eigenvalue weighted by molar-refractivity contribution is 0.392. The Morgan fingerprint density at radius 3 is 2.82 bits per heavy atom. The number of aryl methyl sites for hydroxylation is 1. The quantitative estimate of drug-likeness (QED) is 0.721. The summed E-state index contributed by atoms with van der Waals surface area (Å²) in [6, 6.07) is 1.29. The molecule has 0 aromatic carbocycles. The van der Waals surface area contributed by atoms with E-state index in [1.807, 2.05) is 0 Å². The molecule has 1 aromatic rings. The van der Waals surface area contributed by atoms with Crippen molar-refractivity contribution in [2.45, 2.75) is 6.92 Å². The van der Waals surface area contributed by atoms with Gasteiger partial charge in [-0.15, -0.1) is 0 Å². The molecular weight excluding hydrogens is 212 g/mol. The van der Waals surface area contributed by atoms with Crippen LogP contribution in [0.3, 0.4) is 0 Å². The van der Waals surface area contributed by atoms with Gasteiger partial charge in [-0.2, -0.15) is 0 Å². The summed E-state index contributed by atoms with van der Waals surface area (Å²) < 4.78 is 10.3. The van der Waals surface area contributed by atoms with Crippen LogP contribution >= 0.6 is 15.9 Å². The third-order valence-corrected chi connectivity index (χ3v) is 2.20. The highest BCUT2D eigenvalue weighted by Gasteiger charge is 2.05. The maximum Gasteiger partial charge on any atom is 0.339 e. The standard InChI is InChI=1S/C7H7BrO3/c1-4-7(8)5(10-2)3-6(9)11-4/h3H,1-2H3. The molecule has 0 saturated heterocycles. The maximum absolute atomic E-state index is 10.8. The Hall–Kier alpha value is -0.770. The molecule has 0 amide bonds. The van der Waals surface area contributed by atoms with Gasteiger partial charge in [0.25, 0.3) is 0 Å². The summed E-state index contributed by atoms with van der Waals surface area (Å²) in [4.78, 5) is 10.8. The molecule has 0 unspecified atom stereocenters. The van der Waals surface area contributed by atoms with Crippen LogP contribution in [0, 0.1) is 6.92 Å². The highest BCUT2D eigenvalue weighted by atomic mass is 79.9. The number of hydrogen-bond acceptors (Lipinski definition) is 3. The lowest BCUT2D eigenvalue weighted by Gasteiger charge is -2.02. The number of halogens is 1. The molecular formula is C7H7BrO3. The van der Waals surface area contributed by atoms with Crippen molar-refractivity contribution >= 4 is 15.9 Å². The van der Waals surface area contributed by atoms with Crippen LogP contribution in [0.4, 0.5) is 0 Å². The molecule has 0 bridgehead atoms. The van der Waals surface area contributed by atoms with Gasteiger partial charge in [0.15, 0.2) is 0 Å². The summed E-state index contributed by atoms with van der Waals surface area (Å²) in [5, 5.41) is 0.